The van der Waals surface area contributed by atoms with Gasteiger partial charge >= 0.3 is 12.2 Å². The molecule has 0 radical (unpaired) electrons. The van der Waals surface area contributed by atoms with Gasteiger partial charge in [-0.25, -0.2) is 32.9 Å². The molecule has 6 amide bonds. The Kier molecular flexibility index (Phi) is 16.4. The van der Waals surface area contributed by atoms with Gasteiger partial charge in [0, 0.05) is 66.4 Å². The van der Waals surface area contributed by atoms with Crippen molar-refractivity contribution in [3.63, 3.8) is 0 Å². The first-order valence-electron chi connectivity index (χ1n) is 25.6. The Morgan fingerprint density at radius 2 is 1.11 bits per heavy atom. The number of carbonyl (C=O) groups is 6. The first-order chi connectivity index (χ1) is 36.8. The SMILES string of the molecule is C.C.C[C@H]1CC[C@@H](c2ccc(F)cc2)N1C(=O)CN1C(=O)O[C@@]2(CCc3cc(Br)ccc32)C1=O.Cc1cn(C)nn1.Cc1nnn(C)c1-c1ccc2c(c1)CC[C@@]21OC(=O)N(CC(=O)N2[C@@H](C)CC[C@H]2c2ccc(F)cc2)C1=O. The molecular formula is C58H65BrF2N10O8. The van der Waals surface area contributed by atoms with Gasteiger partial charge in [-0.3, -0.25) is 23.9 Å². The monoisotopic (exact) mass is 1150 g/mol. The van der Waals surface area contributed by atoms with Gasteiger partial charge in [-0.1, -0.05) is 83.7 Å². The van der Waals surface area contributed by atoms with Gasteiger partial charge < -0.3 is 19.3 Å². The molecule has 4 saturated heterocycles. The lowest BCUT2D eigenvalue weighted by atomic mass is 9.93. The van der Waals surface area contributed by atoms with Crippen molar-refractivity contribution in [2.24, 2.45) is 14.1 Å². The minimum Gasteiger partial charge on any atom is -0.427 e. The second kappa shape index (κ2) is 22.6. The van der Waals surface area contributed by atoms with Crippen molar-refractivity contribution < 1.29 is 47.0 Å². The molecule has 6 aromatic rings. The van der Waals surface area contributed by atoms with Crippen LogP contribution in [0.4, 0.5) is 18.4 Å². The number of hydrogen-bond donors (Lipinski definition) is 0. The molecule has 0 saturated carbocycles. The molecule has 0 unspecified atom stereocenters. The molecule has 79 heavy (non-hydrogen) atoms. The van der Waals surface area contributed by atoms with Crippen LogP contribution in [0.15, 0.2) is 95.6 Å². The first kappa shape index (κ1) is 57.5. The molecule has 4 aliphatic heterocycles. The van der Waals surface area contributed by atoms with Crippen LogP contribution in [-0.2, 0) is 66.8 Å². The average molecular weight is 1150 g/mol. The number of hydrogen-bond acceptors (Lipinski definition) is 12. The first-order valence-corrected chi connectivity index (χ1v) is 26.4. The van der Waals surface area contributed by atoms with E-state index in [0.29, 0.717) is 36.8 Å². The van der Waals surface area contributed by atoms with Gasteiger partial charge in [0.1, 0.15) is 24.7 Å². The van der Waals surface area contributed by atoms with Crippen LogP contribution in [-0.4, -0.2) is 111 Å². The van der Waals surface area contributed by atoms with Crippen molar-refractivity contribution >= 4 is 51.7 Å². The molecule has 21 heteroatoms. The van der Waals surface area contributed by atoms with E-state index in [1.54, 1.807) is 49.5 Å². The highest BCUT2D eigenvalue weighted by molar-refractivity contribution is 9.10. The van der Waals surface area contributed by atoms with Gasteiger partial charge in [-0.15, -0.1) is 10.2 Å². The quantitative estimate of drug-likeness (QED) is 0.147. The molecule has 4 aromatic carbocycles. The van der Waals surface area contributed by atoms with Crippen LogP contribution in [0.3, 0.4) is 0 Å². The zero-order valence-corrected chi connectivity index (χ0v) is 45.0. The summed E-state index contributed by atoms with van der Waals surface area (Å²) in [4.78, 5) is 84.8. The molecule has 12 rings (SSSR count). The predicted octanol–water partition coefficient (Wildman–Crippen LogP) is 9.66. The molecule has 0 bridgehead atoms. The van der Waals surface area contributed by atoms with Crippen LogP contribution in [0.2, 0.25) is 0 Å². The molecule has 6 heterocycles. The number of aromatic nitrogens is 6. The Labute approximate surface area is 466 Å². The molecule has 6 atom stereocenters. The number of imide groups is 2. The van der Waals surface area contributed by atoms with Crippen molar-refractivity contribution in [2.75, 3.05) is 13.1 Å². The molecule has 0 N–H and O–H groups in total. The minimum atomic E-state index is -1.42. The topological polar surface area (TPSA) is 195 Å². The normalized spacial score (nSPS) is 23.4. The number of amides is 6. The van der Waals surface area contributed by atoms with Crippen molar-refractivity contribution in [3.8, 4) is 11.3 Å². The Balaban J connectivity index is 0.000000183. The molecule has 6 aliphatic rings. The van der Waals surface area contributed by atoms with E-state index in [2.05, 4.69) is 36.6 Å². The summed E-state index contributed by atoms with van der Waals surface area (Å²) in [5.74, 6) is -2.32. The third kappa shape index (κ3) is 10.6. The van der Waals surface area contributed by atoms with Crippen molar-refractivity contribution in [3.05, 3.63) is 152 Å². The lowest BCUT2D eigenvalue weighted by Gasteiger charge is -2.30. The van der Waals surface area contributed by atoms with Crippen LogP contribution >= 0.6 is 15.9 Å². The minimum absolute atomic E-state index is 0. The van der Waals surface area contributed by atoms with Gasteiger partial charge in [-0.05, 0) is 131 Å². The van der Waals surface area contributed by atoms with E-state index in [1.165, 1.54) is 24.3 Å². The molecule has 4 fully saturated rings. The zero-order chi connectivity index (χ0) is 54.7. The summed E-state index contributed by atoms with van der Waals surface area (Å²) in [6, 6.07) is 22.9. The van der Waals surface area contributed by atoms with Gasteiger partial charge in [0.05, 0.1) is 29.2 Å². The van der Waals surface area contributed by atoms with E-state index in [4.69, 9.17) is 9.47 Å². The standard InChI is InChI=1S/C28H28FN5O4.C24H22BrFN2O4.C4H7N3.2CH4/c1-16-4-11-23(18-5-8-21(29)9-6-18)34(16)24(35)15-33-26(36)28(38-27(33)37)13-12-19-14-20(7-10-22(19)28)25-17(2)30-31-32(25)3;1-14-2-9-20(15-3-6-18(26)7-4-15)28(14)21(29)13-27-22(30)24(32-23(27)31)11-10-16-12-17(25)5-8-19(16)24;1-4-3-7(2)6-5-4;;/h5-10,14,16,23H,4,11-13,15H2,1-3H3;3-8,12,14,20H,2,9-11,13H2,1H3;3H,1-2H3;2*1H4/t16-,23-,28+;14-,20-,24+;;;/m00.../s1. The van der Waals surface area contributed by atoms with Crippen molar-refractivity contribution in [1.29, 1.82) is 0 Å². The second-order valence-corrected chi connectivity index (χ2v) is 21.5. The Bertz CT molecular complexity index is 3300. The molecular weight excluding hydrogens is 1080 g/mol. The van der Waals surface area contributed by atoms with Gasteiger partial charge in [-0.2, -0.15) is 0 Å². The highest BCUT2D eigenvalue weighted by Crippen LogP contribution is 2.48. The Morgan fingerprint density at radius 3 is 1.53 bits per heavy atom. The number of aryl methyl sites for hydroxylation is 6. The smallest absolute Gasteiger partial charge is 0.418 e. The van der Waals surface area contributed by atoms with Crippen LogP contribution in [0, 0.1) is 25.5 Å². The maximum absolute atomic E-state index is 13.7. The average Bonchev–Trinajstić information content (AvgIpc) is 4.35. The van der Waals surface area contributed by atoms with Crippen molar-refractivity contribution in [1.82, 2.24) is 49.6 Å². The fraction of sp³-hybridized carbons (Fsp3) is 0.414. The van der Waals surface area contributed by atoms with Gasteiger partial charge in [0.2, 0.25) is 23.0 Å². The number of benzene rings is 4. The number of rotatable bonds is 7. The van der Waals surface area contributed by atoms with Gasteiger partial charge in [0.25, 0.3) is 11.8 Å². The number of likely N-dealkylation sites (tertiary alicyclic amines) is 2. The molecule has 2 aromatic heterocycles. The molecule has 2 spiro atoms. The van der Waals surface area contributed by atoms with E-state index in [-0.39, 0.29) is 69.0 Å². The maximum atomic E-state index is 13.7. The largest absolute Gasteiger partial charge is 0.427 e. The number of carbonyl (C=O) groups excluding carboxylic acids is 6. The fourth-order valence-corrected chi connectivity index (χ4v) is 12.4. The fourth-order valence-electron chi connectivity index (χ4n) is 12.0. The molecule has 416 valence electrons. The van der Waals surface area contributed by atoms with Crippen molar-refractivity contribution in [2.45, 2.75) is 129 Å². The molecule has 18 nitrogen and oxygen atoms in total. The summed E-state index contributed by atoms with van der Waals surface area (Å²) in [6.45, 7) is 6.92. The van der Waals surface area contributed by atoms with E-state index >= 15 is 0 Å². The predicted molar refractivity (Wildman–Crippen MR) is 290 cm³/mol. The zero-order valence-electron chi connectivity index (χ0n) is 43.4. The third-order valence-corrected chi connectivity index (χ3v) is 16.2. The number of nitrogens with zero attached hydrogens (tertiary/aromatic N) is 10. The highest BCUT2D eigenvalue weighted by Gasteiger charge is 2.60. The number of halogens is 3. The second-order valence-electron chi connectivity index (χ2n) is 20.6. The Hall–Kier alpha value is -7.68. The van der Waals surface area contributed by atoms with E-state index in [9.17, 15) is 37.5 Å². The highest BCUT2D eigenvalue weighted by atomic mass is 79.9. The van der Waals surface area contributed by atoms with Crippen LogP contribution < -0.4 is 0 Å². The summed E-state index contributed by atoms with van der Waals surface area (Å²) in [5.41, 5.74) is 5.68. The summed E-state index contributed by atoms with van der Waals surface area (Å²) in [6.07, 6.45) is 5.16. The lowest BCUT2D eigenvalue weighted by Crippen LogP contribution is -2.46. The lowest BCUT2D eigenvalue weighted by molar-refractivity contribution is -0.143. The van der Waals surface area contributed by atoms with Gasteiger partial charge in [0.15, 0.2) is 0 Å². The molecule has 2 aliphatic carbocycles. The summed E-state index contributed by atoms with van der Waals surface area (Å²) >= 11 is 3.43. The third-order valence-electron chi connectivity index (χ3n) is 15.7. The van der Waals surface area contributed by atoms with Crippen LogP contribution in [0.5, 0.6) is 0 Å². The van der Waals surface area contributed by atoms with Crippen LogP contribution in [0.25, 0.3) is 11.3 Å². The summed E-state index contributed by atoms with van der Waals surface area (Å²) in [7, 11) is 3.67. The van der Waals surface area contributed by atoms with E-state index < -0.39 is 41.7 Å². The number of fused-ring (bicyclic) bond motifs is 4. The maximum Gasteiger partial charge on any atom is 0.418 e. The van der Waals surface area contributed by atoms with E-state index in [1.807, 2.05) is 78.3 Å². The Morgan fingerprint density at radius 1 is 0.646 bits per heavy atom. The summed E-state index contributed by atoms with van der Waals surface area (Å²) in [5, 5.41) is 15.6. The number of ether oxygens (including phenoxy) is 2. The van der Waals surface area contributed by atoms with E-state index in [0.717, 1.165) is 84.9 Å². The summed E-state index contributed by atoms with van der Waals surface area (Å²) < 4.78 is 42.5. The van der Waals surface area contributed by atoms with Crippen LogP contribution in [0.1, 0.15) is 124 Å².